The molecule has 32 heavy (non-hydrogen) atoms. The average molecular weight is 448 g/mol. The van der Waals surface area contributed by atoms with Gasteiger partial charge in [-0.25, -0.2) is 0 Å². The number of rotatable bonds is 11. The quantitative estimate of drug-likeness (QED) is 0.373. The molecule has 0 aromatic heterocycles. The van der Waals surface area contributed by atoms with E-state index in [2.05, 4.69) is 43.0 Å². The molecular formula is C28H33NO2S. The normalized spacial score (nSPS) is 13.3. The minimum absolute atomic E-state index is 0.0422. The van der Waals surface area contributed by atoms with Crippen molar-refractivity contribution in [3.8, 4) is 0 Å². The van der Waals surface area contributed by atoms with Crippen LogP contribution in [0.25, 0.3) is 0 Å². The molecule has 0 amide bonds. The molecule has 0 N–H and O–H groups in total. The molecular weight excluding hydrogens is 414 g/mol. The molecule has 0 heterocycles. The Bertz CT molecular complexity index is 959. The van der Waals surface area contributed by atoms with Crippen LogP contribution in [-0.2, 0) is 28.7 Å². The lowest BCUT2D eigenvalue weighted by atomic mass is 9.98. The van der Waals surface area contributed by atoms with Crippen molar-refractivity contribution in [2.24, 2.45) is 5.92 Å². The molecule has 1 unspecified atom stereocenters. The Morgan fingerprint density at radius 2 is 1.31 bits per heavy atom. The van der Waals surface area contributed by atoms with Gasteiger partial charge in [0.1, 0.15) is 0 Å². The van der Waals surface area contributed by atoms with Crippen LogP contribution in [0.2, 0.25) is 0 Å². The monoisotopic (exact) mass is 447 g/mol. The molecule has 3 rings (SSSR count). The second kappa shape index (κ2) is 11.9. The minimum Gasteiger partial charge on any atom is -0.297 e. The van der Waals surface area contributed by atoms with Crippen LogP contribution in [0.15, 0.2) is 89.8 Å². The molecule has 0 spiro atoms. The van der Waals surface area contributed by atoms with E-state index in [4.69, 9.17) is 0 Å². The molecule has 0 saturated carbocycles. The second-order valence-electron chi connectivity index (χ2n) is 8.79. The summed E-state index contributed by atoms with van der Waals surface area (Å²) in [6, 6.07) is 27.8. The van der Waals surface area contributed by atoms with Gasteiger partial charge in [0.15, 0.2) is 5.78 Å². The zero-order chi connectivity index (χ0) is 22.9. The van der Waals surface area contributed by atoms with Crippen molar-refractivity contribution in [3.63, 3.8) is 0 Å². The Labute approximate surface area is 194 Å². The Kier molecular flexibility index (Phi) is 8.95. The molecule has 0 aliphatic heterocycles. The maximum atomic E-state index is 13.5. The van der Waals surface area contributed by atoms with Gasteiger partial charge < -0.3 is 0 Å². The average Bonchev–Trinajstić information content (AvgIpc) is 2.78. The van der Waals surface area contributed by atoms with Gasteiger partial charge in [-0.3, -0.25) is 13.9 Å². The van der Waals surface area contributed by atoms with E-state index >= 15 is 0 Å². The van der Waals surface area contributed by atoms with Crippen molar-refractivity contribution in [3.05, 3.63) is 102 Å². The zero-order valence-electron chi connectivity index (χ0n) is 19.2. The van der Waals surface area contributed by atoms with Gasteiger partial charge in [-0.05, 0) is 42.5 Å². The van der Waals surface area contributed by atoms with Gasteiger partial charge in [0.05, 0.1) is 22.6 Å². The number of benzene rings is 3. The van der Waals surface area contributed by atoms with Crippen molar-refractivity contribution in [1.29, 1.82) is 0 Å². The number of nitrogens with zero attached hydrogens (tertiary/aromatic N) is 1. The summed E-state index contributed by atoms with van der Waals surface area (Å²) in [6.45, 7) is 7.63. The van der Waals surface area contributed by atoms with Gasteiger partial charge >= 0.3 is 0 Å². The van der Waals surface area contributed by atoms with E-state index in [-0.39, 0.29) is 17.6 Å². The molecule has 3 aromatic carbocycles. The van der Waals surface area contributed by atoms with E-state index < -0.39 is 10.8 Å². The topological polar surface area (TPSA) is 37.4 Å². The summed E-state index contributed by atoms with van der Waals surface area (Å²) in [6.07, 6.45) is 0.740. The molecule has 0 radical (unpaired) electrons. The zero-order valence-corrected chi connectivity index (χ0v) is 20.1. The first-order chi connectivity index (χ1) is 15.4. The van der Waals surface area contributed by atoms with E-state index in [0.29, 0.717) is 23.9 Å². The van der Waals surface area contributed by atoms with Crippen LogP contribution < -0.4 is 0 Å². The summed E-state index contributed by atoms with van der Waals surface area (Å²) in [7, 11) is -1.34. The van der Waals surface area contributed by atoms with E-state index in [1.165, 1.54) is 11.1 Å². The summed E-state index contributed by atoms with van der Waals surface area (Å²) in [5.74, 6) is 0.441. The predicted molar refractivity (Wildman–Crippen MR) is 133 cm³/mol. The van der Waals surface area contributed by atoms with E-state index in [9.17, 15) is 9.00 Å². The summed E-state index contributed by atoms with van der Waals surface area (Å²) in [5.41, 5.74) is 3.46. The van der Waals surface area contributed by atoms with E-state index in [1.807, 2.05) is 67.6 Å². The third-order valence-electron chi connectivity index (χ3n) is 5.52. The first kappa shape index (κ1) is 24.1. The number of ketones is 1. The highest BCUT2D eigenvalue weighted by Crippen LogP contribution is 2.21. The molecule has 168 valence electrons. The number of aryl methyl sites for hydroxylation is 1. The molecule has 0 saturated heterocycles. The maximum Gasteiger partial charge on any atom is 0.162 e. The Hall–Kier alpha value is -2.56. The lowest BCUT2D eigenvalue weighted by molar-refractivity contribution is -0.122. The predicted octanol–water partition coefficient (Wildman–Crippen LogP) is 5.79. The Balaban J connectivity index is 1.85. The summed E-state index contributed by atoms with van der Waals surface area (Å²) >= 11 is 0. The van der Waals surface area contributed by atoms with Crippen LogP contribution in [0.4, 0.5) is 0 Å². The summed E-state index contributed by atoms with van der Waals surface area (Å²) < 4.78 is 13.0. The van der Waals surface area contributed by atoms with Crippen LogP contribution in [0.3, 0.4) is 0 Å². The van der Waals surface area contributed by atoms with Gasteiger partial charge in [-0.2, -0.15) is 0 Å². The van der Waals surface area contributed by atoms with E-state index in [0.717, 1.165) is 12.0 Å². The second-order valence-corrected chi connectivity index (χ2v) is 10.2. The van der Waals surface area contributed by atoms with Gasteiger partial charge in [0.25, 0.3) is 0 Å². The highest BCUT2D eigenvalue weighted by Gasteiger charge is 2.28. The number of Topliss-reactive ketones (excluding diaryl/α,β-unsaturated/α-hetero) is 1. The van der Waals surface area contributed by atoms with Crippen molar-refractivity contribution < 1.29 is 9.00 Å². The molecule has 0 aliphatic rings. The molecule has 0 bridgehead atoms. The van der Waals surface area contributed by atoms with Crippen molar-refractivity contribution in [2.45, 2.75) is 51.2 Å². The van der Waals surface area contributed by atoms with Gasteiger partial charge in [0.2, 0.25) is 0 Å². The number of carbonyl (C=O) groups excluding carboxylic acids is 1. The van der Waals surface area contributed by atoms with Gasteiger partial charge in [-0.1, -0.05) is 92.2 Å². The summed E-state index contributed by atoms with van der Waals surface area (Å²) in [4.78, 5) is 16.5. The smallest absolute Gasteiger partial charge is 0.162 e. The molecule has 0 aliphatic carbocycles. The molecule has 3 nitrogen and oxygen atoms in total. The third kappa shape index (κ3) is 7.25. The minimum atomic E-state index is -1.34. The standard InChI is InChI=1S/C28H33NO2S/c1-22(2)18-27(28(30)21-32(31)26-16-14-23(3)15-17-26)29(19-24-10-6-4-7-11-24)20-25-12-8-5-9-13-25/h4-17,22,27H,18-21H2,1-3H3/t27-,32?/m0/s1. The molecule has 3 aromatic rings. The van der Waals surface area contributed by atoms with Crippen LogP contribution >= 0.6 is 0 Å². The van der Waals surface area contributed by atoms with Crippen LogP contribution in [-0.4, -0.2) is 26.7 Å². The van der Waals surface area contributed by atoms with Crippen molar-refractivity contribution >= 4 is 16.6 Å². The fourth-order valence-corrected chi connectivity index (χ4v) is 4.90. The Morgan fingerprint density at radius 3 is 1.78 bits per heavy atom. The van der Waals surface area contributed by atoms with Crippen molar-refractivity contribution in [2.75, 3.05) is 5.75 Å². The molecule has 4 heteroatoms. The highest BCUT2D eigenvalue weighted by atomic mass is 32.2. The number of carbonyl (C=O) groups is 1. The highest BCUT2D eigenvalue weighted by molar-refractivity contribution is 7.85. The van der Waals surface area contributed by atoms with Gasteiger partial charge in [0, 0.05) is 18.0 Å². The first-order valence-corrected chi connectivity index (χ1v) is 12.5. The lowest BCUT2D eigenvalue weighted by Crippen LogP contribution is -2.43. The maximum absolute atomic E-state index is 13.5. The van der Waals surface area contributed by atoms with Crippen LogP contribution in [0, 0.1) is 12.8 Å². The van der Waals surface area contributed by atoms with Crippen LogP contribution in [0.1, 0.15) is 37.0 Å². The van der Waals surface area contributed by atoms with E-state index in [1.54, 1.807) is 0 Å². The lowest BCUT2D eigenvalue weighted by Gasteiger charge is -2.32. The van der Waals surface area contributed by atoms with Crippen LogP contribution in [0.5, 0.6) is 0 Å². The third-order valence-corrected chi connectivity index (χ3v) is 6.87. The first-order valence-electron chi connectivity index (χ1n) is 11.2. The number of hydrogen-bond donors (Lipinski definition) is 0. The SMILES string of the molecule is Cc1ccc(S(=O)CC(=O)[C@H](CC(C)C)N(Cc2ccccc2)Cc2ccccc2)cc1. The van der Waals surface area contributed by atoms with Gasteiger partial charge in [-0.15, -0.1) is 0 Å². The number of hydrogen-bond acceptors (Lipinski definition) is 3. The van der Waals surface area contributed by atoms with Crippen molar-refractivity contribution in [1.82, 2.24) is 4.90 Å². The fraction of sp³-hybridized carbons (Fsp3) is 0.321. The fourth-order valence-electron chi connectivity index (χ4n) is 3.84. The Morgan fingerprint density at radius 1 is 0.812 bits per heavy atom. The molecule has 2 atom stereocenters. The molecule has 0 fully saturated rings. The summed E-state index contributed by atoms with van der Waals surface area (Å²) in [5, 5.41) is 0. The largest absolute Gasteiger partial charge is 0.297 e.